The smallest absolute Gasteiger partial charge is 0.267 e. The molecule has 27 heavy (non-hydrogen) atoms. The summed E-state index contributed by atoms with van der Waals surface area (Å²) in [6, 6.07) is 13.2. The lowest BCUT2D eigenvalue weighted by Crippen LogP contribution is -2.26. The largest absolute Gasteiger partial charge is 0.349 e. The third-order valence-corrected chi connectivity index (χ3v) is 4.07. The van der Waals surface area contributed by atoms with Crippen molar-refractivity contribution in [1.29, 1.82) is 0 Å². The van der Waals surface area contributed by atoms with Crippen LogP contribution in [-0.2, 0) is 9.59 Å². The van der Waals surface area contributed by atoms with Gasteiger partial charge in [-0.3, -0.25) is 14.8 Å². The lowest BCUT2D eigenvalue weighted by Gasteiger charge is -2.09. The van der Waals surface area contributed by atoms with E-state index in [1.807, 2.05) is 6.07 Å². The molecule has 0 unspecified atom stereocenters. The van der Waals surface area contributed by atoms with Crippen molar-refractivity contribution >= 4 is 29.5 Å². The van der Waals surface area contributed by atoms with Crippen LogP contribution >= 0.6 is 0 Å². The van der Waals surface area contributed by atoms with Gasteiger partial charge in [0.05, 0.1) is 0 Å². The Morgan fingerprint density at radius 3 is 2.44 bits per heavy atom. The van der Waals surface area contributed by atoms with Crippen molar-refractivity contribution in [3.05, 3.63) is 77.1 Å². The molecule has 0 heterocycles. The Balaban J connectivity index is 1.92. The zero-order valence-electron chi connectivity index (χ0n) is 14.5. The van der Waals surface area contributed by atoms with Gasteiger partial charge in [0.2, 0.25) is 0 Å². The van der Waals surface area contributed by atoms with Crippen molar-refractivity contribution in [3.63, 3.8) is 0 Å². The summed E-state index contributed by atoms with van der Waals surface area (Å²) in [5, 5.41) is 11.5. The molecule has 0 aliphatic heterocycles. The van der Waals surface area contributed by atoms with E-state index in [-0.39, 0.29) is 17.8 Å². The summed E-state index contributed by atoms with van der Waals surface area (Å²) in [5.41, 5.74) is 4.07. The van der Waals surface area contributed by atoms with Gasteiger partial charge >= 0.3 is 0 Å². The lowest BCUT2D eigenvalue weighted by atomic mass is 10.0. The standard InChI is InChI=1S/C21H19FN2O3/c22-17-7-5-16(6-8-17)19(21(26)23-18-9-10-18)13-15-3-1-2-14(12-15)4-11-20(25)24-27/h1-8,11-13,18,27H,9-10H2,(H,23,26)(H,24,25)/b11-4+,19-13-. The fourth-order valence-electron chi connectivity index (χ4n) is 2.53. The molecule has 2 aromatic carbocycles. The van der Waals surface area contributed by atoms with E-state index < -0.39 is 5.91 Å². The minimum absolute atomic E-state index is 0.201. The molecule has 1 aliphatic carbocycles. The lowest BCUT2D eigenvalue weighted by molar-refractivity contribution is -0.124. The number of carbonyl (C=O) groups excluding carboxylic acids is 2. The first kappa shape index (κ1) is 18.5. The number of hydroxylamine groups is 1. The summed E-state index contributed by atoms with van der Waals surface area (Å²) in [5.74, 6) is -1.20. The van der Waals surface area contributed by atoms with Crippen LogP contribution in [0.15, 0.2) is 54.6 Å². The molecule has 6 heteroatoms. The molecule has 0 spiro atoms. The maximum absolute atomic E-state index is 13.3. The Hall–Kier alpha value is -3.25. The second kappa shape index (κ2) is 8.42. The number of benzene rings is 2. The average molecular weight is 366 g/mol. The molecule has 0 aromatic heterocycles. The van der Waals surface area contributed by atoms with Crippen LogP contribution in [0.3, 0.4) is 0 Å². The van der Waals surface area contributed by atoms with Crippen molar-refractivity contribution in [3.8, 4) is 0 Å². The molecule has 1 saturated carbocycles. The third kappa shape index (κ3) is 5.36. The van der Waals surface area contributed by atoms with Crippen LogP contribution in [-0.4, -0.2) is 23.1 Å². The fourth-order valence-corrected chi connectivity index (χ4v) is 2.53. The van der Waals surface area contributed by atoms with Gasteiger partial charge in [-0.15, -0.1) is 0 Å². The van der Waals surface area contributed by atoms with E-state index in [1.165, 1.54) is 23.7 Å². The molecule has 138 valence electrons. The predicted molar refractivity (Wildman–Crippen MR) is 101 cm³/mol. The Kier molecular flexibility index (Phi) is 5.78. The molecule has 0 bridgehead atoms. The van der Waals surface area contributed by atoms with Crippen molar-refractivity contribution < 1.29 is 19.2 Å². The van der Waals surface area contributed by atoms with E-state index in [4.69, 9.17) is 5.21 Å². The molecule has 1 fully saturated rings. The average Bonchev–Trinajstić information content (AvgIpc) is 3.49. The van der Waals surface area contributed by atoms with Gasteiger partial charge in [0.25, 0.3) is 11.8 Å². The van der Waals surface area contributed by atoms with E-state index in [0.717, 1.165) is 24.0 Å². The van der Waals surface area contributed by atoms with Crippen LogP contribution in [0.4, 0.5) is 4.39 Å². The van der Waals surface area contributed by atoms with Crippen LogP contribution < -0.4 is 10.8 Å². The maximum Gasteiger partial charge on any atom is 0.267 e. The van der Waals surface area contributed by atoms with Gasteiger partial charge < -0.3 is 5.32 Å². The molecule has 0 radical (unpaired) electrons. The summed E-state index contributed by atoms with van der Waals surface area (Å²) in [4.78, 5) is 23.8. The van der Waals surface area contributed by atoms with Crippen LogP contribution in [0.2, 0.25) is 0 Å². The van der Waals surface area contributed by atoms with Crippen molar-refractivity contribution in [2.24, 2.45) is 0 Å². The first-order valence-corrected chi connectivity index (χ1v) is 8.56. The first-order valence-electron chi connectivity index (χ1n) is 8.56. The molecular weight excluding hydrogens is 347 g/mol. The van der Waals surface area contributed by atoms with Crippen LogP contribution in [0.1, 0.15) is 29.5 Å². The first-order chi connectivity index (χ1) is 13.0. The zero-order valence-corrected chi connectivity index (χ0v) is 14.5. The Morgan fingerprint density at radius 1 is 1.07 bits per heavy atom. The SMILES string of the molecule is O=C(/C=C/c1cccc(/C=C(\C(=O)NC2CC2)c2ccc(F)cc2)c1)NO. The molecule has 3 N–H and O–H groups in total. The highest BCUT2D eigenvalue weighted by molar-refractivity contribution is 6.24. The highest BCUT2D eigenvalue weighted by Gasteiger charge is 2.25. The number of hydrogen-bond acceptors (Lipinski definition) is 3. The summed E-state index contributed by atoms with van der Waals surface area (Å²) < 4.78 is 13.3. The highest BCUT2D eigenvalue weighted by atomic mass is 19.1. The Morgan fingerprint density at radius 2 is 1.78 bits per heavy atom. The Bertz CT molecular complexity index is 900. The van der Waals surface area contributed by atoms with E-state index in [0.29, 0.717) is 11.1 Å². The molecule has 0 saturated heterocycles. The van der Waals surface area contributed by atoms with Gasteiger partial charge in [-0.2, -0.15) is 0 Å². The van der Waals surface area contributed by atoms with Crippen molar-refractivity contribution in [2.45, 2.75) is 18.9 Å². The van der Waals surface area contributed by atoms with Crippen LogP contribution in [0, 0.1) is 5.82 Å². The minimum Gasteiger partial charge on any atom is -0.349 e. The summed E-state index contributed by atoms with van der Waals surface area (Å²) >= 11 is 0. The number of nitrogens with one attached hydrogen (secondary N) is 2. The monoisotopic (exact) mass is 366 g/mol. The Labute approximate surface area is 156 Å². The number of hydrogen-bond donors (Lipinski definition) is 3. The van der Waals surface area contributed by atoms with Crippen molar-refractivity contribution in [2.75, 3.05) is 0 Å². The zero-order chi connectivity index (χ0) is 19.2. The molecule has 3 rings (SSSR count). The summed E-state index contributed by atoms with van der Waals surface area (Å²) in [6.45, 7) is 0. The second-order valence-electron chi connectivity index (χ2n) is 6.29. The van der Waals surface area contributed by atoms with Crippen LogP contribution in [0.5, 0.6) is 0 Å². The quantitative estimate of drug-likeness (QED) is 0.318. The maximum atomic E-state index is 13.3. The van der Waals surface area contributed by atoms with Gasteiger partial charge in [-0.1, -0.05) is 30.3 Å². The third-order valence-electron chi connectivity index (χ3n) is 4.07. The van der Waals surface area contributed by atoms with E-state index in [9.17, 15) is 14.0 Å². The molecular formula is C21H19FN2O3. The van der Waals surface area contributed by atoms with Crippen LogP contribution in [0.25, 0.3) is 17.7 Å². The van der Waals surface area contributed by atoms with Gasteiger partial charge in [0.15, 0.2) is 0 Å². The second-order valence-corrected chi connectivity index (χ2v) is 6.29. The predicted octanol–water partition coefficient (Wildman–Crippen LogP) is 3.16. The highest BCUT2D eigenvalue weighted by Crippen LogP contribution is 2.24. The van der Waals surface area contributed by atoms with Gasteiger partial charge in [0, 0.05) is 17.7 Å². The van der Waals surface area contributed by atoms with Gasteiger partial charge in [-0.05, 0) is 59.9 Å². The number of halogens is 1. The van der Waals surface area contributed by atoms with E-state index >= 15 is 0 Å². The minimum atomic E-state index is -0.633. The molecule has 5 nitrogen and oxygen atoms in total. The summed E-state index contributed by atoms with van der Waals surface area (Å²) in [6.07, 6.45) is 6.41. The van der Waals surface area contributed by atoms with Crippen molar-refractivity contribution in [1.82, 2.24) is 10.8 Å². The summed E-state index contributed by atoms with van der Waals surface area (Å²) in [7, 11) is 0. The van der Waals surface area contributed by atoms with Gasteiger partial charge in [0.1, 0.15) is 5.82 Å². The topological polar surface area (TPSA) is 78.4 Å². The normalized spacial score (nSPS) is 14.2. The van der Waals surface area contributed by atoms with E-state index in [1.54, 1.807) is 42.5 Å². The number of carbonyl (C=O) groups is 2. The number of rotatable bonds is 6. The molecule has 2 aromatic rings. The van der Waals surface area contributed by atoms with Gasteiger partial charge in [-0.25, -0.2) is 9.87 Å². The molecule has 1 aliphatic rings. The fraction of sp³-hybridized carbons (Fsp3) is 0.143. The van der Waals surface area contributed by atoms with E-state index in [2.05, 4.69) is 5.32 Å². The molecule has 0 atom stereocenters. The number of amides is 2. The molecule has 2 amide bonds.